The summed E-state index contributed by atoms with van der Waals surface area (Å²) in [4.78, 5) is 29.5. The van der Waals surface area contributed by atoms with E-state index in [-0.39, 0.29) is 5.91 Å². The Morgan fingerprint density at radius 2 is 2.21 bits per heavy atom. The van der Waals surface area contributed by atoms with Crippen LogP contribution in [0.4, 0.5) is 17.3 Å². The van der Waals surface area contributed by atoms with E-state index in [0.29, 0.717) is 19.0 Å². The first kappa shape index (κ1) is 17.1. The smallest absolute Gasteiger partial charge is 0.240 e. The predicted octanol–water partition coefficient (Wildman–Crippen LogP) is 2.33. The largest absolute Gasteiger partial charge is 0.354 e. The van der Waals surface area contributed by atoms with Crippen molar-refractivity contribution in [1.29, 1.82) is 0 Å². The van der Waals surface area contributed by atoms with E-state index >= 15 is 0 Å². The van der Waals surface area contributed by atoms with Crippen LogP contribution in [-0.2, 0) is 23.2 Å². The van der Waals surface area contributed by atoms with Crippen LogP contribution in [0.3, 0.4) is 0 Å². The van der Waals surface area contributed by atoms with Crippen LogP contribution in [0.2, 0.25) is 0 Å². The van der Waals surface area contributed by atoms with Gasteiger partial charge < -0.3 is 15.5 Å². The molecule has 1 spiro atoms. The molecule has 148 valence electrons. The molecule has 6 rings (SSSR count). The first-order valence-corrected chi connectivity index (χ1v) is 10.5. The van der Waals surface area contributed by atoms with Crippen molar-refractivity contribution in [2.45, 2.75) is 37.6 Å². The second-order valence-electron chi connectivity index (χ2n) is 8.62. The van der Waals surface area contributed by atoms with Gasteiger partial charge in [0.05, 0.1) is 17.9 Å². The first-order valence-electron chi connectivity index (χ1n) is 10.5. The molecule has 2 N–H and O–H groups in total. The number of aliphatic imine (C=N–C) groups is 1. The normalized spacial score (nSPS) is 24.8. The Hall–Kier alpha value is -2.80. The third-order valence-electron chi connectivity index (χ3n) is 6.62. The van der Waals surface area contributed by atoms with Gasteiger partial charge in [0.15, 0.2) is 0 Å². The quantitative estimate of drug-likeness (QED) is 0.840. The second-order valence-corrected chi connectivity index (χ2v) is 8.62. The number of aromatic nitrogens is 2. The van der Waals surface area contributed by atoms with E-state index in [1.807, 2.05) is 29.4 Å². The van der Waals surface area contributed by atoms with Crippen molar-refractivity contribution in [2.75, 3.05) is 29.9 Å². The number of nitrogens with one attached hydrogen (secondary N) is 2. The van der Waals surface area contributed by atoms with Gasteiger partial charge in [-0.1, -0.05) is 6.07 Å². The Bertz CT molecular complexity index is 1020. The number of hydrogen-bond donors (Lipinski definition) is 2. The van der Waals surface area contributed by atoms with Crippen LogP contribution in [-0.4, -0.2) is 41.7 Å². The molecule has 29 heavy (non-hydrogen) atoms. The molecule has 4 aliphatic rings. The highest BCUT2D eigenvalue weighted by atomic mass is 16.2. The highest BCUT2D eigenvalue weighted by molar-refractivity contribution is 6.03. The highest BCUT2D eigenvalue weighted by Crippen LogP contribution is 2.41. The SMILES string of the molecule is O=C1N(c2ccc3c(c2)N=CC3)Cc2cnc(NCC3CC3)nc2C12CCNC2. The van der Waals surface area contributed by atoms with Gasteiger partial charge in [0.25, 0.3) is 0 Å². The monoisotopic (exact) mass is 388 g/mol. The molecule has 1 aromatic heterocycles. The average molecular weight is 388 g/mol. The standard InChI is InChI=1S/C22H24N6O/c29-20-22(6-8-23-13-22)19-16(11-26-21(27-19)25-10-14-1-2-14)12-28(20)17-4-3-15-5-7-24-18(15)9-17/h3-4,7,9,11,14,23H,1-2,5-6,8,10,12-13H2,(H,25,26,27). The molecule has 0 bridgehead atoms. The summed E-state index contributed by atoms with van der Waals surface area (Å²) in [6, 6.07) is 6.16. The lowest BCUT2D eigenvalue weighted by Crippen LogP contribution is -2.53. The maximum Gasteiger partial charge on any atom is 0.240 e. The fourth-order valence-electron chi connectivity index (χ4n) is 4.72. The number of rotatable bonds is 4. The minimum atomic E-state index is -0.616. The molecule has 1 saturated heterocycles. The third kappa shape index (κ3) is 2.75. The number of fused-ring (bicyclic) bond motifs is 3. The summed E-state index contributed by atoms with van der Waals surface area (Å²) in [6.07, 6.45) is 8.02. The predicted molar refractivity (Wildman–Crippen MR) is 112 cm³/mol. The molecule has 2 fully saturated rings. The lowest BCUT2D eigenvalue weighted by Gasteiger charge is -2.39. The van der Waals surface area contributed by atoms with Gasteiger partial charge in [-0.3, -0.25) is 9.79 Å². The zero-order valence-corrected chi connectivity index (χ0v) is 16.3. The van der Waals surface area contributed by atoms with Crippen LogP contribution in [0, 0.1) is 5.92 Å². The van der Waals surface area contributed by atoms with E-state index in [2.05, 4.69) is 26.7 Å². The van der Waals surface area contributed by atoms with E-state index in [1.165, 1.54) is 18.4 Å². The molecular weight excluding hydrogens is 364 g/mol. The van der Waals surface area contributed by atoms with Gasteiger partial charge in [-0.25, -0.2) is 9.97 Å². The Kier molecular flexibility index (Phi) is 3.74. The molecule has 1 amide bonds. The molecule has 4 heterocycles. The number of carbonyl (C=O) groups is 1. The zero-order valence-electron chi connectivity index (χ0n) is 16.3. The van der Waals surface area contributed by atoms with Crippen LogP contribution in [0.1, 0.15) is 36.1 Å². The molecule has 7 nitrogen and oxygen atoms in total. The van der Waals surface area contributed by atoms with Crippen molar-refractivity contribution in [2.24, 2.45) is 10.9 Å². The zero-order chi connectivity index (χ0) is 19.4. The molecule has 3 aliphatic heterocycles. The van der Waals surface area contributed by atoms with Crippen molar-refractivity contribution in [3.8, 4) is 0 Å². The van der Waals surface area contributed by atoms with Gasteiger partial charge in [-0.2, -0.15) is 0 Å². The second kappa shape index (κ2) is 6.35. The summed E-state index contributed by atoms with van der Waals surface area (Å²) in [5.74, 6) is 1.52. The van der Waals surface area contributed by atoms with Crippen molar-refractivity contribution >= 4 is 29.4 Å². The summed E-state index contributed by atoms with van der Waals surface area (Å²) in [6.45, 7) is 2.86. The Morgan fingerprint density at radius 1 is 1.28 bits per heavy atom. The van der Waals surface area contributed by atoms with Gasteiger partial charge in [-0.15, -0.1) is 0 Å². The van der Waals surface area contributed by atoms with E-state index in [9.17, 15) is 4.79 Å². The average Bonchev–Trinajstić information content (AvgIpc) is 3.24. The Morgan fingerprint density at radius 3 is 3.03 bits per heavy atom. The summed E-state index contributed by atoms with van der Waals surface area (Å²) < 4.78 is 0. The number of anilines is 2. The number of benzene rings is 1. The van der Waals surface area contributed by atoms with Gasteiger partial charge in [0, 0.05) is 43.2 Å². The van der Waals surface area contributed by atoms with E-state index < -0.39 is 5.41 Å². The first-order chi connectivity index (χ1) is 14.2. The van der Waals surface area contributed by atoms with Crippen molar-refractivity contribution < 1.29 is 4.79 Å². The fourth-order valence-corrected chi connectivity index (χ4v) is 4.72. The van der Waals surface area contributed by atoms with Crippen molar-refractivity contribution in [1.82, 2.24) is 15.3 Å². The van der Waals surface area contributed by atoms with Gasteiger partial charge in [0.2, 0.25) is 11.9 Å². The molecule has 1 atom stereocenters. The van der Waals surface area contributed by atoms with Gasteiger partial charge in [-0.05, 0) is 49.4 Å². The molecule has 0 radical (unpaired) electrons. The van der Waals surface area contributed by atoms with Crippen LogP contribution in [0.5, 0.6) is 0 Å². The molecule has 1 aromatic carbocycles. The van der Waals surface area contributed by atoms with Crippen molar-refractivity contribution in [3.05, 3.63) is 41.2 Å². The Balaban J connectivity index is 1.39. The van der Waals surface area contributed by atoms with Crippen molar-refractivity contribution in [3.63, 3.8) is 0 Å². The summed E-state index contributed by atoms with van der Waals surface area (Å²) in [5.41, 5.74) is 4.40. The highest BCUT2D eigenvalue weighted by Gasteiger charge is 2.51. The molecule has 1 saturated carbocycles. The van der Waals surface area contributed by atoms with E-state index in [0.717, 1.165) is 54.5 Å². The van der Waals surface area contributed by atoms with E-state index in [4.69, 9.17) is 4.98 Å². The molecular formula is C22H24N6O. The third-order valence-corrected chi connectivity index (χ3v) is 6.62. The summed E-state index contributed by atoms with van der Waals surface area (Å²) in [7, 11) is 0. The topological polar surface area (TPSA) is 82.5 Å². The minimum absolute atomic E-state index is 0.128. The summed E-state index contributed by atoms with van der Waals surface area (Å²) >= 11 is 0. The molecule has 2 aromatic rings. The van der Waals surface area contributed by atoms with Crippen LogP contribution in [0.15, 0.2) is 29.4 Å². The fraction of sp³-hybridized carbons (Fsp3) is 0.455. The van der Waals surface area contributed by atoms with E-state index in [1.54, 1.807) is 0 Å². The number of amides is 1. The van der Waals surface area contributed by atoms with Crippen LogP contribution < -0.4 is 15.5 Å². The number of carbonyl (C=O) groups excluding carboxylic acids is 1. The molecule has 1 unspecified atom stereocenters. The summed E-state index contributed by atoms with van der Waals surface area (Å²) in [5, 5.41) is 6.76. The van der Waals surface area contributed by atoms with Gasteiger partial charge >= 0.3 is 0 Å². The number of nitrogens with zero attached hydrogens (tertiary/aromatic N) is 4. The minimum Gasteiger partial charge on any atom is -0.354 e. The maximum atomic E-state index is 13.8. The maximum absolute atomic E-state index is 13.8. The van der Waals surface area contributed by atoms with Gasteiger partial charge in [0.1, 0.15) is 5.41 Å². The lowest BCUT2D eigenvalue weighted by atomic mass is 9.77. The Labute approximate surface area is 169 Å². The van der Waals surface area contributed by atoms with Crippen LogP contribution >= 0.6 is 0 Å². The number of hydrogen-bond acceptors (Lipinski definition) is 6. The molecule has 1 aliphatic carbocycles. The lowest BCUT2D eigenvalue weighted by molar-refractivity contribution is -0.124. The van der Waals surface area contributed by atoms with Crippen LogP contribution in [0.25, 0.3) is 0 Å². The molecule has 7 heteroatoms.